The molecule has 4 nitrogen and oxygen atoms in total. The highest BCUT2D eigenvalue weighted by Crippen LogP contribution is 2.39. The molecule has 0 aromatic heterocycles. The largest absolute Gasteiger partial charge is 0.416 e. The Labute approximate surface area is 179 Å². The maximum Gasteiger partial charge on any atom is 0.416 e. The van der Waals surface area contributed by atoms with E-state index in [-0.39, 0.29) is 29.6 Å². The zero-order valence-electron chi connectivity index (χ0n) is 17.8. The molecule has 1 aromatic rings. The van der Waals surface area contributed by atoms with Gasteiger partial charge in [-0.05, 0) is 62.4 Å². The van der Waals surface area contributed by atoms with Crippen LogP contribution in [0.25, 0.3) is 0 Å². The van der Waals surface area contributed by atoms with E-state index in [1.165, 1.54) is 6.08 Å². The molecule has 31 heavy (non-hydrogen) atoms. The highest BCUT2D eigenvalue weighted by atomic mass is 19.4. The highest BCUT2D eigenvalue weighted by Gasteiger charge is 2.40. The number of alkyl halides is 3. The van der Waals surface area contributed by atoms with Crippen molar-refractivity contribution in [2.24, 2.45) is 10.9 Å². The Kier molecular flexibility index (Phi) is 7.81. The molecule has 0 saturated heterocycles. The number of halogens is 4. The first kappa shape index (κ1) is 24.4. The summed E-state index contributed by atoms with van der Waals surface area (Å²) in [6.45, 7) is 9.13. The monoisotopic (exact) mass is 437 g/mol. The van der Waals surface area contributed by atoms with Gasteiger partial charge in [0.05, 0.1) is 11.3 Å². The summed E-state index contributed by atoms with van der Waals surface area (Å²) in [5, 5.41) is 5.41. The van der Waals surface area contributed by atoms with E-state index in [0.717, 1.165) is 18.6 Å². The van der Waals surface area contributed by atoms with Crippen molar-refractivity contribution >= 4 is 12.2 Å². The summed E-state index contributed by atoms with van der Waals surface area (Å²) >= 11 is 0. The lowest BCUT2D eigenvalue weighted by atomic mass is 9.81. The number of carbonyl (C=O) groups is 1. The van der Waals surface area contributed by atoms with Gasteiger partial charge in [0.2, 0.25) is 0 Å². The lowest BCUT2D eigenvalue weighted by Gasteiger charge is -2.36. The minimum atomic E-state index is -4.76. The fourth-order valence-corrected chi connectivity index (χ4v) is 3.28. The molecule has 0 unspecified atom stereocenters. The Morgan fingerprint density at radius 2 is 1.97 bits per heavy atom. The number of rotatable bonds is 6. The molecule has 2 amide bonds. The molecular weight excluding hydrogens is 410 g/mol. The van der Waals surface area contributed by atoms with Crippen LogP contribution in [0.15, 0.2) is 59.8 Å². The first-order chi connectivity index (χ1) is 14.5. The fourth-order valence-electron chi connectivity index (χ4n) is 3.28. The number of allylic oxidation sites excluding steroid dienone is 3. The maximum absolute atomic E-state index is 14.3. The van der Waals surface area contributed by atoms with Gasteiger partial charge in [-0.3, -0.25) is 4.99 Å². The molecule has 168 valence electrons. The number of aliphatic imine (C=N–C) groups is 1. The molecule has 0 saturated carbocycles. The van der Waals surface area contributed by atoms with Gasteiger partial charge in [0, 0.05) is 12.3 Å². The molecule has 1 aliphatic heterocycles. The fraction of sp³-hybridized carbons (Fsp3) is 0.391. The van der Waals surface area contributed by atoms with E-state index < -0.39 is 29.1 Å². The van der Waals surface area contributed by atoms with Crippen molar-refractivity contribution in [3.63, 3.8) is 0 Å². The number of hydrogen-bond donors (Lipinski definition) is 2. The van der Waals surface area contributed by atoms with Crippen LogP contribution in [0.4, 0.5) is 22.4 Å². The van der Waals surface area contributed by atoms with Crippen LogP contribution in [0.5, 0.6) is 0 Å². The van der Waals surface area contributed by atoms with E-state index in [2.05, 4.69) is 22.2 Å². The van der Waals surface area contributed by atoms with Gasteiger partial charge in [0.15, 0.2) is 0 Å². The number of urea groups is 1. The summed E-state index contributed by atoms with van der Waals surface area (Å²) in [7, 11) is 0. The molecule has 0 aliphatic carbocycles. The van der Waals surface area contributed by atoms with Crippen LogP contribution in [0.2, 0.25) is 0 Å². The van der Waals surface area contributed by atoms with Crippen LogP contribution in [0.3, 0.4) is 0 Å². The summed E-state index contributed by atoms with van der Waals surface area (Å²) in [5.74, 6) is -0.993. The van der Waals surface area contributed by atoms with Crippen LogP contribution in [-0.4, -0.2) is 18.3 Å². The van der Waals surface area contributed by atoms with Gasteiger partial charge in [-0.1, -0.05) is 25.2 Å². The predicted octanol–water partition coefficient (Wildman–Crippen LogP) is 5.87. The first-order valence-electron chi connectivity index (χ1n) is 9.97. The Morgan fingerprint density at radius 3 is 2.58 bits per heavy atom. The van der Waals surface area contributed by atoms with E-state index in [4.69, 9.17) is 0 Å². The van der Waals surface area contributed by atoms with E-state index in [1.54, 1.807) is 32.2 Å². The van der Waals surface area contributed by atoms with Crippen LogP contribution >= 0.6 is 0 Å². The van der Waals surface area contributed by atoms with Crippen LogP contribution in [0, 0.1) is 11.7 Å². The predicted molar refractivity (Wildman–Crippen MR) is 114 cm³/mol. The van der Waals surface area contributed by atoms with E-state index in [1.807, 2.05) is 13.0 Å². The maximum atomic E-state index is 14.3. The number of nitrogens with one attached hydrogen (secondary N) is 2. The first-order valence-corrected chi connectivity index (χ1v) is 9.97. The smallest absolute Gasteiger partial charge is 0.336 e. The summed E-state index contributed by atoms with van der Waals surface area (Å²) in [6, 6.07) is 1.40. The molecule has 8 heteroatoms. The molecule has 1 aliphatic rings. The molecule has 0 spiro atoms. The Balaban J connectivity index is 2.77. The van der Waals surface area contributed by atoms with E-state index in [0.29, 0.717) is 6.07 Å². The summed E-state index contributed by atoms with van der Waals surface area (Å²) < 4.78 is 54.6. The molecule has 0 fully saturated rings. The highest BCUT2D eigenvalue weighted by molar-refractivity contribution is 5.76. The second kappa shape index (κ2) is 9.94. The molecular formula is C23H27F4N3O. The van der Waals surface area contributed by atoms with Crippen molar-refractivity contribution in [3.8, 4) is 0 Å². The number of hydrogen-bond acceptors (Lipinski definition) is 2. The van der Waals surface area contributed by atoms with Gasteiger partial charge in [-0.25, -0.2) is 9.18 Å². The zero-order valence-corrected chi connectivity index (χ0v) is 17.8. The molecule has 0 radical (unpaired) electrons. The van der Waals surface area contributed by atoms with Crippen molar-refractivity contribution in [3.05, 3.63) is 71.7 Å². The summed E-state index contributed by atoms with van der Waals surface area (Å²) in [5.41, 5.74) is -2.53. The second-order valence-electron chi connectivity index (χ2n) is 7.85. The van der Waals surface area contributed by atoms with Crippen molar-refractivity contribution < 1.29 is 22.4 Å². The van der Waals surface area contributed by atoms with Crippen LogP contribution < -0.4 is 10.6 Å². The quantitative estimate of drug-likeness (QED) is 0.424. The average Bonchev–Trinajstić information content (AvgIpc) is 2.63. The molecule has 0 bridgehead atoms. The van der Waals surface area contributed by atoms with Crippen LogP contribution in [-0.2, 0) is 11.7 Å². The standard InChI is InChI=1S/C23H27F4N3O/c1-5-10-22(30-21(31)29-15(2)3,20-9-7-6-8-16(4)14-28-20)17-11-18(23(25,26)27)13-19(24)12-17/h5-7,9,11-16H,1,8,10H2,2-4H3,(H2,29,30,31)/b7-6+,20-9-,28-14?/t16-,22-/m0/s1. The van der Waals surface area contributed by atoms with Gasteiger partial charge in [-0.2, -0.15) is 13.2 Å². The van der Waals surface area contributed by atoms with E-state index >= 15 is 0 Å². The number of carbonyl (C=O) groups excluding carboxylic acids is 1. The van der Waals surface area contributed by atoms with Gasteiger partial charge >= 0.3 is 12.2 Å². The third kappa shape index (κ3) is 6.29. The van der Waals surface area contributed by atoms with Crippen LogP contribution in [0.1, 0.15) is 44.7 Å². The normalized spacial score (nSPS) is 21.3. The van der Waals surface area contributed by atoms with Gasteiger partial charge in [0.25, 0.3) is 0 Å². The Hall–Kier alpha value is -2.90. The average molecular weight is 437 g/mol. The van der Waals surface area contributed by atoms with E-state index in [9.17, 15) is 22.4 Å². The summed E-state index contributed by atoms with van der Waals surface area (Å²) in [6.07, 6.45) is 4.33. The van der Waals surface area contributed by atoms with Crippen molar-refractivity contribution in [1.82, 2.24) is 10.6 Å². The van der Waals surface area contributed by atoms with Crippen molar-refractivity contribution in [2.75, 3.05) is 0 Å². The molecule has 1 aromatic carbocycles. The number of benzene rings is 1. The molecule has 1 heterocycles. The van der Waals surface area contributed by atoms with Gasteiger partial charge in [-0.15, -0.1) is 6.58 Å². The SMILES string of the molecule is C=CC[C@@](NC(=O)NC(C)C)(/C1=C/C=C/C[C@H](C)C=N1)c1cc(F)cc(C(F)(F)F)c1. The Morgan fingerprint density at radius 1 is 1.29 bits per heavy atom. The van der Waals surface area contributed by atoms with Gasteiger partial charge < -0.3 is 10.6 Å². The molecule has 2 N–H and O–H groups in total. The number of nitrogens with zero attached hydrogens (tertiary/aromatic N) is 1. The summed E-state index contributed by atoms with van der Waals surface area (Å²) in [4.78, 5) is 17.2. The van der Waals surface area contributed by atoms with Crippen molar-refractivity contribution in [1.29, 1.82) is 0 Å². The minimum absolute atomic E-state index is 0.00927. The molecule has 2 atom stereocenters. The van der Waals surface area contributed by atoms with Gasteiger partial charge in [0.1, 0.15) is 11.4 Å². The zero-order chi connectivity index (χ0) is 23.2. The minimum Gasteiger partial charge on any atom is -0.336 e. The topological polar surface area (TPSA) is 53.5 Å². The molecule has 2 rings (SSSR count). The third-order valence-electron chi connectivity index (χ3n) is 4.72. The lowest BCUT2D eigenvalue weighted by molar-refractivity contribution is -0.137. The third-order valence-corrected chi connectivity index (χ3v) is 4.72. The lowest BCUT2D eigenvalue weighted by Crippen LogP contribution is -2.52. The Bertz CT molecular complexity index is 903. The number of amides is 2. The van der Waals surface area contributed by atoms with Crippen molar-refractivity contribution in [2.45, 2.75) is 51.4 Å². The second-order valence-corrected chi connectivity index (χ2v) is 7.85.